The minimum atomic E-state index is -1.75. The van der Waals surface area contributed by atoms with Crippen molar-refractivity contribution in [2.45, 2.75) is 49.8 Å². The smallest absolute Gasteiger partial charge is 0.303 e. The number of aliphatic hydroxyl groups excluding tert-OH is 4. The van der Waals surface area contributed by atoms with Crippen LogP contribution in [0.1, 0.15) is 28.9 Å². The van der Waals surface area contributed by atoms with Crippen molar-refractivity contribution >= 4 is 11.8 Å². The topological polar surface area (TPSA) is 213 Å². The number of Topliss-reactive ketones (excluding diaryl/α,β-unsaturated/α-hetero) is 1. The van der Waals surface area contributed by atoms with Crippen molar-refractivity contribution in [3.63, 3.8) is 0 Å². The molecule has 0 aromatic heterocycles. The third kappa shape index (κ3) is 4.62. The van der Waals surface area contributed by atoms with Gasteiger partial charge in [-0.2, -0.15) is 0 Å². The normalized spacial score (nSPS) is 29.7. The molecule has 1 fully saturated rings. The third-order valence-electron chi connectivity index (χ3n) is 5.82. The number of phenols is 3. The lowest BCUT2D eigenvalue weighted by molar-refractivity contribution is -0.281. The van der Waals surface area contributed by atoms with Gasteiger partial charge in [-0.25, -0.2) is 0 Å². The summed E-state index contributed by atoms with van der Waals surface area (Å²) in [7, 11) is 0. The molecule has 4 rings (SSSR count). The highest BCUT2D eigenvalue weighted by Crippen LogP contribution is 2.43. The lowest BCUT2D eigenvalue weighted by atomic mass is 9.92. The maximum absolute atomic E-state index is 12.8. The Morgan fingerprint density at radius 1 is 1.00 bits per heavy atom. The second-order valence-electron chi connectivity index (χ2n) is 8.31. The summed E-state index contributed by atoms with van der Waals surface area (Å²) in [5.74, 6) is -3.65. The molecule has 0 bridgehead atoms. The summed E-state index contributed by atoms with van der Waals surface area (Å²) >= 11 is 0. The van der Waals surface area contributed by atoms with Gasteiger partial charge in [0, 0.05) is 19.1 Å². The molecular formula is C23H24O13. The predicted molar refractivity (Wildman–Crippen MR) is 116 cm³/mol. The Kier molecular flexibility index (Phi) is 6.93. The van der Waals surface area contributed by atoms with Crippen LogP contribution < -0.4 is 9.47 Å². The molecule has 0 aliphatic carbocycles. The van der Waals surface area contributed by atoms with E-state index < -0.39 is 78.5 Å². The number of benzene rings is 2. The van der Waals surface area contributed by atoms with Gasteiger partial charge in [-0.15, -0.1) is 0 Å². The van der Waals surface area contributed by atoms with Gasteiger partial charge in [-0.3, -0.25) is 9.59 Å². The molecule has 7 unspecified atom stereocenters. The van der Waals surface area contributed by atoms with Crippen molar-refractivity contribution in [1.29, 1.82) is 0 Å². The first kappa shape index (κ1) is 25.5. The fraction of sp³-hybridized carbons (Fsp3) is 0.391. The van der Waals surface area contributed by atoms with Crippen LogP contribution in [0.5, 0.6) is 28.7 Å². The van der Waals surface area contributed by atoms with Crippen LogP contribution in [-0.4, -0.2) is 90.9 Å². The highest BCUT2D eigenvalue weighted by Gasteiger charge is 2.48. The quantitative estimate of drug-likeness (QED) is 0.195. The lowest BCUT2D eigenvalue weighted by Crippen LogP contribution is -2.61. The van der Waals surface area contributed by atoms with Crippen LogP contribution in [0.25, 0.3) is 0 Å². The highest BCUT2D eigenvalue weighted by molar-refractivity contribution is 6.05. The fourth-order valence-electron chi connectivity index (χ4n) is 4.04. The zero-order valence-electron chi connectivity index (χ0n) is 18.7. The predicted octanol–water partition coefficient (Wildman–Crippen LogP) is -0.770. The molecule has 2 aliphatic rings. The summed E-state index contributed by atoms with van der Waals surface area (Å²) in [4.78, 5) is 24.3. The summed E-state index contributed by atoms with van der Waals surface area (Å²) in [6, 6.07) is 5.74. The number of phenolic OH excluding ortho intramolecular Hbond substituents is 3. The Morgan fingerprint density at radius 2 is 1.72 bits per heavy atom. The molecule has 0 spiro atoms. The van der Waals surface area contributed by atoms with Gasteiger partial charge >= 0.3 is 5.97 Å². The van der Waals surface area contributed by atoms with Gasteiger partial charge < -0.3 is 54.7 Å². The van der Waals surface area contributed by atoms with E-state index in [1.54, 1.807) is 0 Å². The Labute approximate surface area is 203 Å². The molecule has 7 N–H and O–H groups in total. The number of carbonyl (C=O) groups excluding carboxylic acids is 2. The molecule has 194 valence electrons. The first-order chi connectivity index (χ1) is 17.0. The number of hydrogen-bond acceptors (Lipinski definition) is 13. The van der Waals surface area contributed by atoms with Crippen LogP contribution in [0, 0.1) is 0 Å². The summed E-state index contributed by atoms with van der Waals surface area (Å²) in [6.45, 7) is 0.363. The maximum atomic E-state index is 12.8. The zero-order chi connectivity index (χ0) is 26.3. The molecular weight excluding hydrogens is 484 g/mol. The van der Waals surface area contributed by atoms with E-state index in [1.807, 2.05) is 0 Å². The molecule has 1 saturated heterocycles. The van der Waals surface area contributed by atoms with Crippen LogP contribution in [-0.2, 0) is 14.3 Å². The van der Waals surface area contributed by atoms with Gasteiger partial charge in [0.15, 0.2) is 29.8 Å². The van der Waals surface area contributed by atoms with Gasteiger partial charge in [0.25, 0.3) is 0 Å². The molecule has 2 aromatic rings. The van der Waals surface area contributed by atoms with Gasteiger partial charge in [0.1, 0.15) is 41.1 Å². The van der Waals surface area contributed by atoms with Gasteiger partial charge in [-0.05, 0) is 17.7 Å². The number of ether oxygens (including phenoxy) is 4. The van der Waals surface area contributed by atoms with E-state index in [2.05, 4.69) is 0 Å². The van der Waals surface area contributed by atoms with Crippen LogP contribution in [0.2, 0.25) is 0 Å². The molecule has 0 radical (unpaired) electrons. The summed E-state index contributed by atoms with van der Waals surface area (Å²) in [5.41, 5.74) is -0.199. The summed E-state index contributed by atoms with van der Waals surface area (Å²) in [5, 5.41) is 70.2. The molecule has 2 aromatic carbocycles. The van der Waals surface area contributed by atoms with E-state index in [1.165, 1.54) is 12.1 Å². The molecule has 13 heteroatoms. The van der Waals surface area contributed by atoms with Gasteiger partial charge in [0.2, 0.25) is 12.1 Å². The molecule has 36 heavy (non-hydrogen) atoms. The van der Waals surface area contributed by atoms with Crippen LogP contribution >= 0.6 is 0 Å². The second-order valence-corrected chi connectivity index (χ2v) is 8.31. The standard InChI is InChI=1S/C23H24O13/c1-8(25)33-22-19(31)17(29)15(7-24)36-23(22)34-10-5-13(28)16-14(6-10)35-21(20(32)18(16)30)9-2-3-11(26)12(27)4-9/h2-6,15,17,19-24,26-29,31-32H,7H2,1H3. The van der Waals surface area contributed by atoms with Crippen molar-refractivity contribution in [2.24, 2.45) is 0 Å². The van der Waals surface area contributed by atoms with Crippen LogP contribution in [0.4, 0.5) is 0 Å². The van der Waals surface area contributed by atoms with Crippen molar-refractivity contribution in [3.05, 3.63) is 41.5 Å². The number of aromatic hydroxyl groups is 3. The number of esters is 1. The van der Waals surface area contributed by atoms with E-state index in [4.69, 9.17) is 18.9 Å². The van der Waals surface area contributed by atoms with Crippen LogP contribution in [0.3, 0.4) is 0 Å². The minimum absolute atomic E-state index is 0.149. The minimum Gasteiger partial charge on any atom is -0.507 e. The largest absolute Gasteiger partial charge is 0.507 e. The first-order valence-corrected chi connectivity index (χ1v) is 10.8. The SMILES string of the molecule is CC(=O)OC1C(Oc2cc(O)c3c(c2)OC(c2ccc(O)c(O)c2)C(O)C3=O)OC(CO)C(O)C1O. The zero-order valence-corrected chi connectivity index (χ0v) is 18.7. The molecule has 2 aliphatic heterocycles. The first-order valence-electron chi connectivity index (χ1n) is 10.8. The van der Waals surface area contributed by atoms with E-state index in [0.29, 0.717) is 0 Å². The Morgan fingerprint density at radius 3 is 2.36 bits per heavy atom. The van der Waals surface area contributed by atoms with Crippen molar-refractivity contribution in [1.82, 2.24) is 0 Å². The van der Waals surface area contributed by atoms with Gasteiger partial charge in [0.05, 0.1) is 6.61 Å². The Bertz CT molecular complexity index is 1160. The summed E-state index contributed by atoms with van der Waals surface area (Å²) < 4.78 is 21.8. The van der Waals surface area contributed by atoms with Crippen LogP contribution in [0.15, 0.2) is 30.3 Å². The monoisotopic (exact) mass is 508 g/mol. The maximum Gasteiger partial charge on any atom is 0.303 e. The number of fused-ring (bicyclic) bond motifs is 1. The van der Waals surface area contributed by atoms with Gasteiger partial charge in [-0.1, -0.05) is 6.07 Å². The Balaban J connectivity index is 1.66. The average Bonchev–Trinajstić information content (AvgIpc) is 2.82. The summed E-state index contributed by atoms with van der Waals surface area (Å²) in [6.07, 6.45) is -10.7. The number of rotatable bonds is 5. The molecule has 0 saturated carbocycles. The highest BCUT2D eigenvalue weighted by atomic mass is 16.7. The number of aliphatic hydroxyl groups is 4. The molecule has 0 amide bonds. The van der Waals surface area contributed by atoms with Crippen molar-refractivity contribution in [2.75, 3.05) is 6.61 Å². The van der Waals surface area contributed by atoms with E-state index in [0.717, 1.165) is 25.1 Å². The van der Waals surface area contributed by atoms with E-state index >= 15 is 0 Å². The molecule has 13 nitrogen and oxygen atoms in total. The fourth-order valence-corrected chi connectivity index (χ4v) is 4.04. The number of hydrogen-bond donors (Lipinski definition) is 7. The molecule has 2 heterocycles. The van der Waals surface area contributed by atoms with Crippen molar-refractivity contribution in [3.8, 4) is 28.7 Å². The Hall–Kier alpha value is -3.62. The average molecular weight is 508 g/mol. The van der Waals surface area contributed by atoms with Crippen molar-refractivity contribution < 1.29 is 64.3 Å². The lowest BCUT2D eigenvalue weighted by Gasteiger charge is -2.41. The second kappa shape index (κ2) is 9.79. The number of ketones is 1. The molecule has 7 atom stereocenters. The van der Waals surface area contributed by atoms with E-state index in [-0.39, 0.29) is 22.6 Å². The third-order valence-corrected chi connectivity index (χ3v) is 5.82. The number of carbonyl (C=O) groups is 2. The van der Waals surface area contributed by atoms with E-state index in [9.17, 15) is 45.3 Å².